The normalized spacial score (nSPS) is 9.75. The quantitative estimate of drug-likeness (QED) is 0.638. The Morgan fingerprint density at radius 3 is 2.62 bits per heavy atom. The summed E-state index contributed by atoms with van der Waals surface area (Å²) in [6, 6.07) is 1.79. The van der Waals surface area contributed by atoms with Crippen molar-refractivity contribution in [2.45, 2.75) is 6.92 Å². The minimum absolute atomic E-state index is 0.541. The molecule has 0 saturated carbocycles. The van der Waals surface area contributed by atoms with E-state index in [-0.39, 0.29) is 0 Å². The second-order valence-electron chi connectivity index (χ2n) is 1.57. The molecular weight excluding hydrogens is 170 g/mol. The summed E-state index contributed by atoms with van der Waals surface area (Å²) in [5, 5.41) is 3.82. The lowest BCUT2D eigenvalue weighted by molar-refractivity contribution is 0.995. The van der Waals surface area contributed by atoms with Crippen LogP contribution in [0.4, 0.5) is 5.82 Å². The fourth-order valence-corrected chi connectivity index (χ4v) is 0.762. The smallest absolute Gasteiger partial charge is 0.146 e. The van der Waals surface area contributed by atoms with Crippen LogP contribution in [0.5, 0.6) is 0 Å². The Morgan fingerprint density at radius 1 is 1.88 bits per heavy atom. The largest absolute Gasteiger partial charge is 0.382 e. The molecule has 0 bridgehead atoms. The first-order chi connectivity index (χ1) is 3.70. The number of aryl methyl sites for hydroxylation is 1. The monoisotopic (exact) mass is 175 g/mol. The van der Waals surface area contributed by atoms with Gasteiger partial charge in [-0.15, -0.1) is 5.10 Å². The van der Waals surface area contributed by atoms with E-state index >= 15 is 0 Å². The number of rotatable bonds is 0. The zero-order valence-electron chi connectivity index (χ0n) is 4.43. The van der Waals surface area contributed by atoms with E-state index in [1.165, 1.54) is 0 Å². The van der Waals surface area contributed by atoms with Crippen molar-refractivity contribution in [2.75, 3.05) is 5.73 Å². The van der Waals surface area contributed by atoms with Gasteiger partial charge in [-0.05, 0) is 6.92 Å². The van der Waals surface area contributed by atoms with Crippen LogP contribution in [0.15, 0.2) is 6.07 Å². The molecule has 0 radical (unpaired) electrons. The van der Waals surface area contributed by atoms with Gasteiger partial charge in [0, 0.05) is 6.07 Å². The van der Waals surface area contributed by atoms with Crippen molar-refractivity contribution in [1.82, 2.24) is 8.81 Å². The number of hydrogen-bond acceptors (Lipinski definition) is 2. The summed E-state index contributed by atoms with van der Waals surface area (Å²) in [4.78, 5) is 0. The van der Waals surface area contributed by atoms with Crippen molar-refractivity contribution < 1.29 is 0 Å². The first-order valence-corrected chi connectivity index (χ1v) is 2.89. The fourth-order valence-electron chi connectivity index (χ4n) is 0.476. The lowest BCUT2D eigenvalue weighted by atomic mass is 10.5. The maximum Gasteiger partial charge on any atom is 0.146 e. The van der Waals surface area contributed by atoms with Gasteiger partial charge < -0.3 is 5.73 Å². The van der Waals surface area contributed by atoms with Gasteiger partial charge in [0.2, 0.25) is 0 Å². The van der Waals surface area contributed by atoms with Gasteiger partial charge in [-0.1, -0.05) is 0 Å². The van der Waals surface area contributed by atoms with E-state index < -0.39 is 0 Å². The molecule has 0 aliphatic rings. The van der Waals surface area contributed by atoms with E-state index in [1.54, 1.807) is 9.77 Å². The number of hydrogen-bond donors (Lipinski definition) is 1. The zero-order valence-corrected chi connectivity index (χ0v) is 6.01. The molecule has 0 fully saturated rings. The highest BCUT2D eigenvalue weighted by atomic mass is 79.9. The van der Waals surface area contributed by atoms with Crippen LogP contribution in [-0.2, 0) is 0 Å². The molecule has 0 aliphatic heterocycles. The van der Waals surface area contributed by atoms with Crippen LogP contribution >= 0.6 is 16.1 Å². The van der Waals surface area contributed by atoms with Gasteiger partial charge in [-0.25, -0.2) is 3.71 Å². The van der Waals surface area contributed by atoms with Crippen LogP contribution in [-0.4, -0.2) is 8.81 Å². The molecule has 0 spiro atoms. The average molecular weight is 176 g/mol. The SMILES string of the molecule is Cc1cc(N)nn1Br. The molecule has 1 aromatic rings. The summed E-state index contributed by atoms with van der Waals surface area (Å²) < 4.78 is 1.56. The summed E-state index contributed by atoms with van der Waals surface area (Å²) in [5.74, 6) is 0.541. The topological polar surface area (TPSA) is 43.8 Å². The second-order valence-corrected chi connectivity index (χ2v) is 2.24. The highest BCUT2D eigenvalue weighted by Gasteiger charge is 1.94. The standard InChI is InChI=1S/C4H6BrN3/c1-3-2-4(6)7-8(3)5/h2H,1H3,(H2,6,7). The number of nitrogen functional groups attached to an aromatic ring is 1. The molecule has 4 heteroatoms. The lowest BCUT2D eigenvalue weighted by Gasteiger charge is -1.83. The Morgan fingerprint density at radius 2 is 2.50 bits per heavy atom. The number of anilines is 1. The molecule has 2 N–H and O–H groups in total. The molecule has 0 amide bonds. The summed E-state index contributed by atoms with van der Waals surface area (Å²) in [6.07, 6.45) is 0. The third kappa shape index (κ3) is 0.838. The van der Waals surface area contributed by atoms with E-state index in [0.29, 0.717) is 5.82 Å². The molecule has 3 nitrogen and oxygen atoms in total. The molecule has 0 unspecified atom stereocenters. The molecule has 0 aliphatic carbocycles. The van der Waals surface area contributed by atoms with E-state index in [9.17, 15) is 0 Å². The van der Waals surface area contributed by atoms with E-state index in [2.05, 4.69) is 21.2 Å². The highest BCUT2D eigenvalue weighted by molar-refractivity contribution is 9.08. The van der Waals surface area contributed by atoms with Gasteiger partial charge in [0.15, 0.2) is 0 Å². The van der Waals surface area contributed by atoms with Crippen LogP contribution in [0, 0.1) is 6.92 Å². The van der Waals surface area contributed by atoms with Gasteiger partial charge in [0.05, 0.1) is 21.8 Å². The Labute approximate surface area is 55.8 Å². The van der Waals surface area contributed by atoms with Gasteiger partial charge in [-0.3, -0.25) is 0 Å². The van der Waals surface area contributed by atoms with Gasteiger partial charge >= 0.3 is 0 Å². The molecule has 1 heterocycles. The fraction of sp³-hybridized carbons (Fsp3) is 0.250. The molecule has 0 aromatic carbocycles. The predicted octanol–water partition coefficient (Wildman–Crippen LogP) is 0.932. The highest BCUT2D eigenvalue weighted by Crippen LogP contribution is 2.05. The van der Waals surface area contributed by atoms with Gasteiger partial charge in [0.25, 0.3) is 0 Å². The van der Waals surface area contributed by atoms with Crippen molar-refractivity contribution in [3.05, 3.63) is 11.8 Å². The summed E-state index contributed by atoms with van der Waals surface area (Å²) in [6.45, 7) is 1.91. The van der Waals surface area contributed by atoms with Crippen LogP contribution in [0.25, 0.3) is 0 Å². The summed E-state index contributed by atoms with van der Waals surface area (Å²) in [7, 11) is 0. The number of halogens is 1. The third-order valence-corrected chi connectivity index (χ3v) is 1.57. The minimum atomic E-state index is 0.541. The first kappa shape index (κ1) is 5.62. The molecular formula is C4H6BrN3. The first-order valence-electron chi connectivity index (χ1n) is 2.18. The molecule has 0 atom stereocenters. The Bertz CT molecular complexity index is 174. The van der Waals surface area contributed by atoms with Gasteiger partial charge in [-0.2, -0.15) is 0 Å². The number of aromatic nitrogens is 2. The Kier molecular flexibility index (Phi) is 1.25. The van der Waals surface area contributed by atoms with Crippen molar-refractivity contribution in [3.63, 3.8) is 0 Å². The van der Waals surface area contributed by atoms with E-state index in [1.807, 2.05) is 6.92 Å². The molecule has 1 rings (SSSR count). The minimum Gasteiger partial charge on any atom is -0.382 e. The summed E-state index contributed by atoms with van der Waals surface area (Å²) in [5.41, 5.74) is 6.32. The Balaban J connectivity index is 3.14. The maximum atomic E-state index is 5.32. The van der Waals surface area contributed by atoms with Crippen molar-refractivity contribution in [3.8, 4) is 0 Å². The van der Waals surface area contributed by atoms with Crippen molar-refractivity contribution >= 4 is 22.0 Å². The van der Waals surface area contributed by atoms with E-state index in [0.717, 1.165) is 5.69 Å². The Hall–Kier alpha value is -0.510. The summed E-state index contributed by atoms with van der Waals surface area (Å²) >= 11 is 3.14. The maximum absolute atomic E-state index is 5.32. The van der Waals surface area contributed by atoms with Crippen molar-refractivity contribution in [2.24, 2.45) is 0 Å². The number of nitrogens with zero attached hydrogens (tertiary/aromatic N) is 2. The predicted molar refractivity (Wildman–Crippen MR) is 35.7 cm³/mol. The second kappa shape index (κ2) is 1.78. The molecule has 1 aromatic heterocycles. The zero-order chi connectivity index (χ0) is 6.15. The number of nitrogens with two attached hydrogens (primary N) is 1. The molecule has 0 saturated heterocycles. The average Bonchev–Trinajstić information content (AvgIpc) is 1.85. The van der Waals surface area contributed by atoms with Crippen molar-refractivity contribution in [1.29, 1.82) is 0 Å². The lowest BCUT2D eigenvalue weighted by Crippen LogP contribution is -1.86. The van der Waals surface area contributed by atoms with E-state index in [4.69, 9.17) is 5.73 Å². The van der Waals surface area contributed by atoms with Crippen LogP contribution < -0.4 is 5.73 Å². The molecule has 8 heavy (non-hydrogen) atoms. The van der Waals surface area contributed by atoms with Gasteiger partial charge in [0.1, 0.15) is 5.82 Å². The van der Waals surface area contributed by atoms with Crippen LogP contribution in [0.3, 0.4) is 0 Å². The third-order valence-electron chi connectivity index (χ3n) is 0.851. The molecule has 44 valence electrons. The van der Waals surface area contributed by atoms with Crippen LogP contribution in [0.1, 0.15) is 5.69 Å². The van der Waals surface area contributed by atoms with Crippen LogP contribution in [0.2, 0.25) is 0 Å².